The molecule has 0 atom stereocenters. The second-order valence-corrected chi connectivity index (χ2v) is 5.89. The van der Waals surface area contributed by atoms with Gasteiger partial charge in [-0.05, 0) is 38.1 Å². The Kier molecular flexibility index (Phi) is 7.29. The van der Waals surface area contributed by atoms with Crippen molar-refractivity contribution in [1.29, 1.82) is 0 Å². The maximum absolute atomic E-state index is 11.8. The van der Waals surface area contributed by atoms with Crippen LogP contribution in [0.4, 0.5) is 5.82 Å². The first kappa shape index (κ1) is 17.7. The zero-order valence-electron chi connectivity index (χ0n) is 14.3. The zero-order valence-corrected chi connectivity index (χ0v) is 14.3. The van der Waals surface area contributed by atoms with Crippen molar-refractivity contribution < 1.29 is 9.53 Å². The Morgan fingerprint density at radius 3 is 2.87 bits per heavy atom. The van der Waals surface area contributed by atoms with Crippen LogP contribution < -0.4 is 10.2 Å². The molecule has 2 rings (SSSR count). The normalized spacial score (nSPS) is 15.7. The van der Waals surface area contributed by atoms with Crippen molar-refractivity contribution in [2.45, 2.75) is 26.3 Å². The third-order valence-corrected chi connectivity index (χ3v) is 4.02. The highest BCUT2D eigenvalue weighted by Crippen LogP contribution is 2.14. The fraction of sp³-hybridized carbons (Fsp3) is 0.647. The molecule has 0 unspecified atom stereocenters. The van der Waals surface area contributed by atoms with Crippen molar-refractivity contribution in [2.75, 3.05) is 51.3 Å². The number of nitrogens with zero attached hydrogens (tertiary/aromatic N) is 3. The van der Waals surface area contributed by atoms with Crippen LogP contribution >= 0.6 is 0 Å². The van der Waals surface area contributed by atoms with Crippen LogP contribution in [0, 0.1) is 0 Å². The average Bonchev–Trinajstić information content (AvgIpc) is 2.58. The van der Waals surface area contributed by atoms with Crippen LogP contribution in [0.3, 0.4) is 0 Å². The number of hydrogen-bond acceptors (Lipinski definition) is 5. The van der Waals surface area contributed by atoms with Gasteiger partial charge < -0.3 is 19.9 Å². The number of carbonyl (C=O) groups excluding carboxylic acids is 1. The molecule has 1 N–H and O–H groups in total. The number of pyridine rings is 1. The predicted octanol–water partition coefficient (Wildman–Crippen LogP) is 1.27. The van der Waals surface area contributed by atoms with E-state index in [1.165, 1.54) is 0 Å². The van der Waals surface area contributed by atoms with Crippen molar-refractivity contribution in [2.24, 2.45) is 0 Å². The van der Waals surface area contributed by atoms with Gasteiger partial charge in [0.15, 0.2) is 0 Å². The molecule has 6 nitrogen and oxygen atoms in total. The molecular weight excluding hydrogens is 292 g/mol. The van der Waals surface area contributed by atoms with Gasteiger partial charge in [-0.15, -0.1) is 0 Å². The van der Waals surface area contributed by atoms with Gasteiger partial charge in [-0.25, -0.2) is 4.98 Å². The van der Waals surface area contributed by atoms with Gasteiger partial charge in [-0.1, -0.05) is 0 Å². The second kappa shape index (κ2) is 9.47. The molecule has 0 saturated carbocycles. The van der Waals surface area contributed by atoms with Gasteiger partial charge in [0.05, 0.1) is 0 Å². The minimum atomic E-state index is 0.0719. The van der Waals surface area contributed by atoms with E-state index < -0.39 is 0 Å². The SMILES string of the molecule is CCOCCCC(=O)NCc1ccnc(N2CCN(C)CC2)c1. The second-order valence-electron chi connectivity index (χ2n) is 5.89. The van der Waals surface area contributed by atoms with Crippen molar-refractivity contribution in [3.8, 4) is 0 Å². The summed E-state index contributed by atoms with van der Waals surface area (Å²) in [6.07, 6.45) is 3.10. The highest BCUT2D eigenvalue weighted by Gasteiger charge is 2.15. The third-order valence-electron chi connectivity index (χ3n) is 4.02. The lowest BCUT2D eigenvalue weighted by Gasteiger charge is -2.33. The molecule has 0 bridgehead atoms. The highest BCUT2D eigenvalue weighted by molar-refractivity contribution is 5.75. The lowest BCUT2D eigenvalue weighted by molar-refractivity contribution is -0.121. The number of rotatable bonds is 8. The van der Waals surface area contributed by atoms with E-state index in [-0.39, 0.29) is 5.91 Å². The first-order valence-electron chi connectivity index (χ1n) is 8.42. The number of nitrogens with one attached hydrogen (secondary N) is 1. The Morgan fingerprint density at radius 2 is 2.13 bits per heavy atom. The topological polar surface area (TPSA) is 57.7 Å². The minimum absolute atomic E-state index is 0.0719. The molecular formula is C17H28N4O2. The highest BCUT2D eigenvalue weighted by atomic mass is 16.5. The Balaban J connectivity index is 1.77. The van der Waals surface area contributed by atoms with Gasteiger partial charge in [0.25, 0.3) is 0 Å². The molecule has 23 heavy (non-hydrogen) atoms. The van der Waals surface area contributed by atoms with Gasteiger partial charge >= 0.3 is 0 Å². The number of anilines is 1. The van der Waals surface area contributed by atoms with Crippen LogP contribution in [0.1, 0.15) is 25.3 Å². The summed E-state index contributed by atoms with van der Waals surface area (Å²) in [5, 5.41) is 2.96. The fourth-order valence-corrected chi connectivity index (χ4v) is 2.55. The Morgan fingerprint density at radius 1 is 1.35 bits per heavy atom. The average molecular weight is 320 g/mol. The molecule has 1 amide bonds. The molecule has 0 spiro atoms. The van der Waals surface area contributed by atoms with Crippen molar-refractivity contribution >= 4 is 11.7 Å². The number of likely N-dealkylation sites (N-methyl/N-ethyl adjacent to an activating group) is 1. The van der Waals surface area contributed by atoms with Gasteiger partial charge in [0.1, 0.15) is 5.82 Å². The van der Waals surface area contributed by atoms with Crippen LogP contribution in [0.2, 0.25) is 0 Å². The molecule has 6 heteroatoms. The minimum Gasteiger partial charge on any atom is -0.382 e. The third kappa shape index (κ3) is 6.15. The van der Waals surface area contributed by atoms with Crippen molar-refractivity contribution in [3.05, 3.63) is 23.9 Å². The van der Waals surface area contributed by atoms with E-state index >= 15 is 0 Å². The van der Waals surface area contributed by atoms with Crippen LogP contribution in [0.5, 0.6) is 0 Å². The molecule has 1 aliphatic heterocycles. The van der Waals surface area contributed by atoms with Crippen LogP contribution in [0.15, 0.2) is 18.3 Å². The molecule has 2 heterocycles. The van der Waals surface area contributed by atoms with Crippen LogP contribution in [0.25, 0.3) is 0 Å². The molecule has 0 aliphatic carbocycles. The number of aromatic nitrogens is 1. The summed E-state index contributed by atoms with van der Waals surface area (Å²) in [6.45, 7) is 7.97. The molecule has 0 aromatic carbocycles. The number of piperazine rings is 1. The molecule has 1 aliphatic rings. The summed E-state index contributed by atoms with van der Waals surface area (Å²) in [5.41, 5.74) is 1.09. The molecule has 1 aromatic rings. The summed E-state index contributed by atoms with van der Waals surface area (Å²) in [7, 11) is 2.14. The number of carbonyl (C=O) groups is 1. The lowest BCUT2D eigenvalue weighted by atomic mass is 10.2. The summed E-state index contributed by atoms with van der Waals surface area (Å²) >= 11 is 0. The largest absolute Gasteiger partial charge is 0.382 e. The molecule has 1 fully saturated rings. The predicted molar refractivity (Wildman–Crippen MR) is 91.5 cm³/mol. The zero-order chi connectivity index (χ0) is 16.5. The smallest absolute Gasteiger partial charge is 0.220 e. The summed E-state index contributed by atoms with van der Waals surface area (Å²) < 4.78 is 5.24. The Bertz CT molecular complexity index is 487. The van der Waals surface area contributed by atoms with Crippen molar-refractivity contribution in [3.63, 3.8) is 0 Å². The Hall–Kier alpha value is -1.66. The monoisotopic (exact) mass is 320 g/mol. The first-order chi connectivity index (χ1) is 11.2. The first-order valence-corrected chi connectivity index (χ1v) is 8.42. The van der Waals surface area contributed by atoms with E-state index in [0.717, 1.165) is 44.0 Å². The molecule has 1 saturated heterocycles. The maximum atomic E-state index is 11.8. The van der Waals surface area contributed by atoms with Gasteiger partial charge in [0.2, 0.25) is 5.91 Å². The fourth-order valence-electron chi connectivity index (χ4n) is 2.55. The van der Waals surface area contributed by atoms with E-state index in [0.29, 0.717) is 26.2 Å². The van der Waals surface area contributed by atoms with Crippen LogP contribution in [-0.4, -0.2) is 62.2 Å². The number of amides is 1. The van der Waals surface area contributed by atoms with Crippen LogP contribution in [-0.2, 0) is 16.1 Å². The summed E-state index contributed by atoms with van der Waals surface area (Å²) in [5.74, 6) is 1.07. The van der Waals surface area contributed by atoms with Crippen molar-refractivity contribution in [1.82, 2.24) is 15.2 Å². The molecule has 1 aromatic heterocycles. The standard InChI is InChI=1S/C17H28N4O2/c1-3-23-12-4-5-17(22)19-14-15-6-7-18-16(13-15)21-10-8-20(2)9-11-21/h6-7,13H,3-5,8-12,14H2,1-2H3,(H,19,22). The van der Waals surface area contributed by atoms with Gasteiger partial charge in [-0.2, -0.15) is 0 Å². The molecule has 0 radical (unpaired) electrons. The van der Waals surface area contributed by atoms with E-state index in [4.69, 9.17) is 4.74 Å². The summed E-state index contributed by atoms with van der Waals surface area (Å²) in [6, 6.07) is 4.03. The maximum Gasteiger partial charge on any atom is 0.220 e. The quantitative estimate of drug-likeness (QED) is 0.731. The Labute approximate surface area is 138 Å². The van der Waals surface area contributed by atoms with E-state index in [1.54, 1.807) is 0 Å². The van der Waals surface area contributed by atoms with E-state index in [9.17, 15) is 4.79 Å². The van der Waals surface area contributed by atoms with E-state index in [1.807, 2.05) is 19.2 Å². The molecule has 128 valence electrons. The number of hydrogen-bond donors (Lipinski definition) is 1. The lowest BCUT2D eigenvalue weighted by Crippen LogP contribution is -2.44. The summed E-state index contributed by atoms with van der Waals surface area (Å²) in [4.78, 5) is 20.9. The van der Waals surface area contributed by atoms with Gasteiger partial charge in [0, 0.05) is 58.6 Å². The number of ether oxygens (including phenoxy) is 1. The van der Waals surface area contributed by atoms with Gasteiger partial charge in [-0.3, -0.25) is 4.79 Å². The van der Waals surface area contributed by atoms with E-state index in [2.05, 4.69) is 33.2 Å².